The van der Waals surface area contributed by atoms with Crippen molar-refractivity contribution in [3.05, 3.63) is 35.5 Å². The molecule has 1 unspecified atom stereocenters. The minimum absolute atomic E-state index is 0.0510. The monoisotopic (exact) mass is 226 g/mol. The molecular weight excluding hydrogens is 212 g/mol. The number of sulfone groups is 1. The molecule has 0 saturated carbocycles. The molecule has 0 aliphatic carbocycles. The fourth-order valence-electron chi connectivity index (χ4n) is 1.62. The van der Waals surface area contributed by atoms with E-state index in [-0.39, 0.29) is 11.8 Å². The number of rotatable bonds is 3. The molecule has 1 aliphatic heterocycles. The minimum Gasteiger partial charge on any atom is -0.353 e. The third kappa shape index (κ3) is 2.49. The molecule has 5 heteroatoms. The summed E-state index contributed by atoms with van der Waals surface area (Å²) in [6.07, 6.45) is 3.68. The van der Waals surface area contributed by atoms with E-state index in [2.05, 4.69) is 5.32 Å². The Hall–Kier alpha value is -1.07. The van der Waals surface area contributed by atoms with Crippen LogP contribution in [0.3, 0.4) is 0 Å². The van der Waals surface area contributed by atoms with Crippen LogP contribution in [0.25, 0.3) is 0 Å². The van der Waals surface area contributed by atoms with Crippen molar-refractivity contribution in [2.24, 2.45) is 7.05 Å². The summed E-state index contributed by atoms with van der Waals surface area (Å²) in [7, 11) is -0.976. The summed E-state index contributed by atoms with van der Waals surface area (Å²) in [5.74, 6) is 0.178. The highest BCUT2D eigenvalue weighted by molar-refractivity contribution is 7.94. The van der Waals surface area contributed by atoms with Crippen molar-refractivity contribution in [3.63, 3.8) is 0 Å². The van der Waals surface area contributed by atoms with E-state index in [1.165, 1.54) is 5.41 Å². The lowest BCUT2D eigenvalue weighted by Crippen LogP contribution is -2.30. The molecule has 4 nitrogen and oxygen atoms in total. The van der Waals surface area contributed by atoms with Crippen LogP contribution in [0.15, 0.2) is 29.8 Å². The van der Waals surface area contributed by atoms with E-state index in [0.717, 1.165) is 5.69 Å². The number of nitrogens with one attached hydrogen (secondary N) is 1. The fraction of sp³-hybridized carbons (Fsp3) is 0.400. The molecule has 0 bridgehead atoms. The minimum atomic E-state index is -2.95. The lowest BCUT2D eigenvalue weighted by molar-refractivity contribution is 0.584. The summed E-state index contributed by atoms with van der Waals surface area (Å²) >= 11 is 0. The molecule has 1 atom stereocenters. The van der Waals surface area contributed by atoms with Crippen LogP contribution < -0.4 is 5.32 Å². The largest absolute Gasteiger partial charge is 0.353 e. The van der Waals surface area contributed by atoms with Crippen LogP contribution >= 0.6 is 0 Å². The highest BCUT2D eigenvalue weighted by atomic mass is 32.2. The molecule has 0 spiro atoms. The molecule has 1 aromatic rings. The summed E-state index contributed by atoms with van der Waals surface area (Å²) < 4.78 is 24.3. The number of aromatic nitrogens is 1. The van der Waals surface area contributed by atoms with Crippen LogP contribution in [-0.4, -0.2) is 24.8 Å². The molecule has 1 aliphatic rings. The predicted molar refractivity (Wildman–Crippen MR) is 59.0 cm³/mol. The number of aryl methyl sites for hydroxylation is 1. The number of nitrogens with zero attached hydrogens (tertiary/aromatic N) is 1. The van der Waals surface area contributed by atoms with E-state index in [0.29, 0.717) is 6.54 Å². The standard InChI is InChI=1S/C10H14N2O2S/c1-12-5-2-3-10(12)7-11-9-4-6-15(13,14)8-9/h2-6,9,11H,7-8H2,1H3. The van der Waals surface area contributed by atoms with E-state index in [9.17, 15) is 8.42 Å². The smallest absolute Gasteiger partial charge is 0.173 e. The van der Waals surface area contributed by atoms with Gasteiger partial charge in [-0.05, 0) is 12.1 Å². The van der Waals surface area contributed by atoms with Gasteiger partial charge in [0.25, 0.3) is 0 Å². The molecule has 15 heavy (non-hydrogen) atoms. The normalized spacial score (nSPS) is 23.4. The van der Waals surface area contributed by atoms with Gasteiger partial charge in [-0.2, -0.15) is 0 Å². The topological polar surface area (TPSA) is 51.1 Å². The first-order valence-electron chi connectivity index (χ1n) is 4.81. The molecule has 82 valence electrons. The molecule has 0 radical (unpaired) electrons. The van der Waals surface area contributed by atoms with Gasteiger partial charge >= 0.3 is 0 Å². The zero-order chi connectivity index (χ0) is 10.9. The molecule has 0 aromatic carbocycles. The van der Waals surface area contributed by atoms with E-state index < -0.39 is 9.84 Å². The van der Waals surface area contributed by atoms with Crippen LogP contribution in [0, 0.1) is 0 Å². The van der Waals surface area contributed by atoms with Crippen molar-refractivity contribution < 1.29 is 8.42 Å². The van der Waals surface area contributed by atoms with Crippen molar-refractivity contribution >= 4 is 9.84 Å². The van der Waals surface area contributed by atoms with Crippen molar-refractivity contribution in [1.82, 2.24) is 9.88 Å². The Balaban J connectivity index is 1.91. The average molecular weight is 226 g/mol. The molecule has 0 fully saturated rings. The third-order valence-electron chi connectivity index (χ3n) is 2.53. The summed E-state index contributed by atoms with van der Waals surface area (Å²) in [6, 6.07) is 3.93. The number of hydrogen-bond donors (Lipinski definition) is 1. The first kappa shape index (κ1) is 10.4. The summed E-state index contributed by atoms with van der Waals surface area (Å²) in [5.41, 5.74) is 1.15. The maximum absolute atomic E-state index is 11.1. The van der Waals surface area contributed by atoms with Crippen LogP contribution in [0.5, 0.6) is 0 Å². The van der Waals surface area contributed by atoms with Crippen molar-refractivity contribution in [2.45, 2.75) is 12.6 Å². The van der Waals surface area contributed by atoms with Crippen molar-refractivity contribution in [2.75, 3.05) is 5.75 Å². The Bertz CT molecular complexity index is 473. The van der Waals surface area contributed by atoms with Gasteiger partial charge in [0.15, 0.2) is 9.84 Å². The second-order valence-electron chi connectivity index (χ2n) is 3.76. The highest BCUT2D eigenvalue weighted by Crippen LogP contribution is 2.08. The Labute approximate surface area is 89.5 Å². The quantitative estimate of drug-likeness (QED) is 0.813. The first-order chi connectivity index (χ1) is 7.07. The predicted octanol–water partition coefficient (Wildman–Crippen LogP) is 0.425. The van der Waals surface area contributed by atoms with Gasteiger partial charge in [0, 0.05) is 36.9 Å². The maximum atomic E-state index is 11.1. The third-order valence-corrected chi connectivity index (χ3v) is 3.92. The zero-order valence-electron chi connectivity index (χ0n) is 8.55. The molecule has 0 amide bonds. The highest BCUT2D eigenvalue weighted by Gasteiger charge is 2.20. The summed E-state index contributed by atoms with van der Waals surface area (Å²) in [5, 5.41) is 4.48. The molecule has 1 aromatic heterocycles. The average Bonchev–Trinajstić information content (AvgIpc) is 2.69. The Kier molecular flexibility index (Phi) is 2.67. The molecule has 0 saturated heterocycles. The Morgan fingerprint density at radius 2 is 2.40 bits per heavy atom. The molecule has 2 heterocycles. The van der Waals surface area contributed by atoms with Crippen LogP contribution in [-0.2, 0) is 23.4 Å². The second kappa shape index (κ2) is 3.83. The van der Waals surface area contributed by atoms with Crippen molar-refractivity contribution in [3.8, 4) is 0 Å². The van der Waals surface area contributed by atoms with Gasteiger partial charge in [-0.25, -0.2) is 8.42 Å². The van der Waals surface area contributed by atoms with E-state index in [1.54, 1.807) is 6.08 Å². The Morgan fingerprint density at radius 3 is 2.93 bits per heavy atom. The summed E-state index contributed by atoms with van der Waals surface area (Å²) in [6.45, 7) is 0.689. The van der Waals surface area contributed by atoms with Crippen LogP contribution in [0.4, 0.5) is 0 Å². The van der Waals surface area contributed by atoms with Gasteiger partial charge in [-0.1, -0.05) is 6.08 Å². The first-order valence-corrected chi connectivity index (χ1v) is 6.53. The second-order valence-corrected chi connectivity index (χ2v) is 5.69. The van der Waals surface area contributed by atoms with Gasteiger partial charge in [0.05, 0.1) is 5.75 Å². The van der Waals surface area contributed by atoms with Gasteiger partial charge in [0.2, 0.25) is 0 Å². The van der Waals surface area contributed by atoms with Gasteiger partial charge < -0.3 is 9.88 Å². The fourth-order valence-corrected chi connectivity index (χ4v) is 2.89. The van der Waals surface area contributed by atoms with Crippen molar-refractivity contribution in [1.29, 1.82) is 0 Å². The zero-order valence-corrected chi connectivity index (χ0v) is 9.37. The van der Waals surface area contributed by atoms with Crippen LogP contribution in [0.2, 0.25) is 0 Å². The summed E-state index contributed by atoms with van der Waals surface area (Å²) in [4.78, 5) is 0. The van der Waals surface area contributed by atoms with E-state index in [4.69, 9.17) is 0 Å². The maximum Gasteiger partial charge on any atom is 0.173 e. The SMILES string of the molecule is Cn1cccc1CNC1C=CS(=O)(=O)C1. The number of hydrogen-bond acceptors (Lipinski definition) is 3. The van der Waals surface area contributed by atoms with Crippen LogP contribution in [0.1, 0.15) is 5.69 Å². The molecular formula is C10H14N2O2S. The van der Waals surface area contributed by atoms with Gasteiger partial charge in [-0.3, -0.25) is 0 Å². The van der Waals surface area contributed by atoms with Gasteiger partial charge in [0.1, 0.15) is 0 Å². The lowest BCUT2D eigenvalue weighted by Gasteiger charge is -2.10. The molecule has 2 rings (SSSR count). The Morgan fingerprint density at radius 1 is 1.60 bits per heavy atom. The lowest BCUT2D eigenvalue weighted by atomic mass is 10.3. The van der Waals surface area contributed by atoms with Gasteiger partial charge in [-0.15, -0.1) is 0 Å². The van der Waals surface area contributed by atoms with E-state index >= 15 is 0 Å². The van der Waals surface area contributed by atoms with E-state index in [1.807, 2.05) is 29.9 Å². The molecule has 1 N–H and O–H groups in total.